The number of hydrogen-bond acceptors (Lipinski definition) is 4. The molecule has 126 valence electrons. The van der Waals surface area contributed by atoms with E-state index in [9.17, 15) is 9.59 Å². The van der Waals surface area contributed by atoms with Crippen LogP contribution in [0, 0.1) is 5.92 Å². The van der Waals surface area contributed by atoms with E-state index in [-0.39, 0.29) is 23.6 Å². The Morgan fingerprint density at radius 1 is 1.17 bits per heavy atom. The van der Waals surface area contributed by atoms with Crippen molar-refractivity contribution in [2.24, 2.45) is 11.7 Å². The molecule has 0 radical (unpaired) electrons. The van der Waals surface area contributed by atoms with Gasteiger partial charge in [0.05, 0.1) is 0 Å². The Bertz CT molecular complexity index is 738. The van der Waals surface area contributed by atoms with Crippen molar-refractivity contribution in [3.8, 4) is 0 Å². The fourth-order valence-corrected chi connectivity index (χ4v) is 2.64. The lowest BCUT2D eigenvalue weighted by Crippen LogP contribution is -2.38. The fourth-order valence-electron chi connectivity index (χ4n) is 2.34. The van der Waals surface area contributed by atoms with E-state index in [1.165, 1.54) is 0 Å². The van der Waals surface area contributed by atoms with Crippen molar-refractivity contribution in [2.75, 3.05) is 11.9 Å². The summed E-state index contributed by atoms with van der Waals surface area (Å²) in [5.41, 5.74) is 7.07. The number of benzene rings is 1. The number of hydrogen-bond donors (Lipinski definition) is 3. The number of rotatable bonds is 6. The zero-order valence-corrected chi connectivity index (χ0v) is 14.5. The van der Waals surface area contributed by atoms with Gasteiger partial charge in [-0.2, -0.15) is 0 Å². The SMILES string of the molecule is NC(CNC(=O)c1ccc(NC(=O)c2ccc(Br)o2)cc1)C1CC1. The predicted octanol–water partition coefficient (Wildman–Crippen LogP) is 2.76. The van der Waals surface area contributed by atoms with Gasteiger partial charge < -0.3 is 20.8 Å². The van der Waals surface area contributed by atoms with Crippen LogP contribution in [0.3, 0.4) is 0 Å². The van der Waals surface area contributed by atoms with Crippen molar-refractivity contribution in [3.63, 3.8) is 0 Å². The van der Waals surface area contributed by atoms with Crippen molar-refractivity contribution in [1.29, 1.82) is 0 Å². The summed E-state index contributed by atoms with van der Waals surface area (Å²) in [6.45, 7) is 0.482. The maximum absolute atomic E-state index is 12.1. The molecule has 1 unspecified atom stereocenters. The molecular weight excluding hydrogens is 374 g/mol. The molecule has 1 aromatic carbocycles. The maximum atomic E-state index is 12.1. The van der Waals surface area contributed by atoms with E-state index in [1.54, 1.807) is 36.4 Å². The van der Waals surface area contributed by atoms with Crippen LogP contribution in [-0.2, 0) is 0 Å². The summed E-state index contributed by atoms with van der Waals surface area (Å²) >= 11 is 3.15. The zero-order valence-electron chi connectivity index (χ0n) is 12.9. The van der Waals surface area contributed by atoms with E-state index in [4.69, 9.17) is 10.2 Å². The highest BCUT2D eigenvalue weighted by Crippen LogP contribution is 2.31. The molecule has 1 heterocycles. The van der Waals surface area contributed by atoms with Gasteiger partial charge in [0.15, 0.2) is 10.4 Å². The number of carbonyl (C=O) groups is 2. The summed E-state index contributed by atoms with van der Waals surface area (Å²) in [4.78, 5) is 24.1. The summed E-state index contributed by atoms with van der Waals surface area (Å²) in [5, 5.41) is 5.54. The van der Waals surface area contributed by atoms with Crippen LogP contribution in [0.25, 0.3) is 0 Å². The second kappa shape index (κ2) is 7.19. The number of nitrogens with one attached hydrogen (secondary N) is 2. The van der Waals surface area contributed by atoms with E-state index in [0.717, 1.165) is 12.8 Å². The van der Waals surface area contributed by atoms with Crippen LogP contribution >= 0.6 is 15.9 Å². The summed E-state index contributed by atoms with van der Waals surface area (Å²) < 4.78 is 5.68. The molecule has 1 saturated carbocycles. The summed E-state index contributed by atoms with van der Waals surface area (Å²) in [6, 6.07) is 9.91. The third-order valence-electron chi connectivity index (χ3n) is 3.93. The molecule has 0 spiro atoms. The smallest absolute Gasteiger partial charge is 0.291 e. The molecule has 2 amide bonds. The van der Waals surface area contributed by atoms with Gasteiger partial charge in [-0.05, 0) is 71.1 Å². The molecule has 1 aliphatic carbocycles. The van der Waals surface area contributed by atoms with E-state index in [1.807, 2.05) is 0 Å². The summed E-state index contributed by atoms with van der Waals surface area (Å²) in [7, 11) is 0. The van der Waals surface area contributed by atoms with Crippen LogP contribution in [-0.4, -0.2) is 24.4 Å². The molecule has 3 rings (SSSR count). The minimum absolute atomic E-state index is 0.0279. The van der Waals surface area contributed by atoms with Crippen molar-refractivity contribution >= 4 is 33.4 Å². The molecule has 1 fully saturated rings. The van der Waals surface area contributed by atoms with Crippen LogP contribution in [0.1, 0.15) is 33.8 Å². The third-order valence-corrected chi connectivity index (χ3v) is 4.35. The lowest BCUT2D eigenvalue weighted by atomic mass is 10.1. The summed E-state index contributed by atoms with van der Waals surface area (Å²) in [6.07, 6.45) is 2.30. The Kier molecular flexibility index (Phi) is 5.01. The first-order chi connectivity index (χ1) is 11.5. The highest BCUT2D eigenvalue weighted by Gasteiger charge is 2.28. The van der Waals surface area contributed by atoms with Crippen molar-refractivity contribution in [3.05, 3.63) is 52.4 Å². The predicted molar refractivity (Wildman–Crippen MR) is 93.8 cm³/mol. The molecule has 0 aliphatic heterocycles. The van der Waals surface area contributed by atoms with Gasteiger partial charge >= 0.3 is 0 Å². The van der Waals surface area contributed by atoms with Gasteiger partial charge in [0.25, 0.3) is 11.8 Å². The maximum Gasteiger partial charge on any atom is 0.291 e. The van der Waals surface area contributed by atoms with Crippen molar-refractivity contribution in [2.45, 2.75) is 18.9 Å². The number of nitrogens with two attached hydrogens (primary N) is 1. The number of halogens is 1. The monoisotopic (exact) mass is 391 g/mol. The molecule has 4 N–H and O–H groups in total. The van der Waals surface area contributed by atoms with Crippen LogP contribution in [0.2, 0.25) is 0 Å². The van der Waals surface area contributed by atoms with Gasteiger partial charge in [-0.3, -0.25) is 9.59 Å². The first-order valence-electron chi connectivity index (χ1n) is 7.73. The minimum atomic E-state index is -0.353. The standard InChI is InChI=1S/C17H18BrN3O3/c18-15-8-7-14(24-15)17(23)21-12-5-3-11(4-6-12)16(22)20-9-13(19)10-1-2-10/h3-8,10,13H,1-2,9,19H2,(H,20,22)(H,21,23). The van der Waals surface area contributed by atoms with E-state index >= 15 is 0 Å². The highest BCUT2D eigenvalue weighted by atomic mass is 79.9. The van der Waals surface area contributed by atoms with Crippen molar-refractivity contribution in [1.82, 2.24) is 5.32 Å². The van der Waals surface area contributed by atoms with E-state index in [0.29, 0.717) is 28.4 Å². The third kappa shape index (κ3) is 4.24. The normalized spacial score (nSPS) is 14.9. The van der Waals surface area contributed by atoms with Crippen LogP contribution in [0.4, 0.5) is 5.69 Å². The molecule has 24 heavy (non-hydrogen) atoms. The van der Waals surface area contributed by atoms with Gasteiger partial charge in [0.2, 0.25) is 0 Å². The average molecular weight is 392 g/mol. The van der Waals surface area contributed by atoms with Gasteiger partial charge in [-0.1, -0.05) is 0 Å². The van der Waals surface area contributed by atoms with Gasteiger partial charge in [-0.25, -0.2) is 0 Å². The largest absolute Gasteiger partial charge is 0.444 e. The number of amides is 2. The molecule has 1 aromatic heterocycles. The van der Waals surface area contributed by atoms with Gasteiger partial charge in [-0.15, -0.1) is 0 Å². The Morgan fingerprint density at radius 2 is 1.88 bits per heavy atom. The molecule has 2 aromatic rings. The molecule has 1 atom stereocenters. The lowest BCUT2D eigenvalue weighted by Gasteiger charge is -2.11. The fraction of sp³-hybridized carbons (Fsp3) is 0.294. The minimum Gasteiger partial charge on any atom is -0.444 e. The molecule has 0 saturated heterocycles. The second-order valence-corrected chi connectivity index (χ2v) is 6.63. The number of furan rings is 1. The number of anilines is 1. The Hall–Kier alpha value is -2.12. The molecule has 1 aliphatic rings. The average Bonchev–Trinajstić information content (AvgIpc) is 3.34. The Morgan fingerprint density at radius 3 is 2.46 bits per heavy atom. The molecular formula is C17H18BrN3O3. The zero-order chi connectivity index (χ0) is 17.1. The molecule has 0 bridgehead atoms. The quantitative estimate of drug-likeness (QED) is 0.704. The van der Waals surface area contributed by atoms with Gasteiger partial charge in [0, 0.05) is 23.8 Å². The Balaban J connectivity index is 1.54. The molecule has 6 nitrogen and oxygen atoms in total. The van der Waals surface area contributed by atoms with E-state index < -0.39 is 0 Å². The second-order valence-electron chi connectivity index (χ2n) is 5.85. The van der Waals surface area contributed by atoms with E-state index in [2.05, 4.69) is 26.6 Å². The van der Waals surface area contributed by atoms with Crippen LogP contribution in [0.15, 0.2) is 45.5 Å². The molecule has 7 heteroatoms. The highest BCUT2D eigenvalue weighted by molar-refractivity contribution is 9.10. The van der Waals surface area contributed by atoms with Crippen LogP contribution in [0.5, 0.6) is 0 Å². The van der Waals surface area contributed by atoms with Crippen LogP contribution < -0.4 is 16.4 Å². The topological polar surface area (TPSA) is 97.4 Å². The number of carbonyl (C=O) groups excluding carboxylic acids is 2. The van der Waals surface area contributed by atoms with Gasteiger partial charge in [0.1, 0.15) is 0 Å². The Labute approximate surface area is 147 Å². The lowest BCUT2D eigenvalue weighted by molar-refractivity contribution is 0.0949. The first-order valence-corrected chi connectivity index (χ1v) is 8.53. The van der Waals surface area contributed by atoms with Crippen molar-refractivity contribution < 1.29 is 14.0 Å². The first kappa shape index (κ1) is 16.7. The summed E-state index contributed by atoms with van der Waals surface area (Å²) in [5.74, 6) is 0.231.